The van der Waals surface area contributed by atoms with E-state index in [0.29, 0.717) is 25.7 Å². The topological polar surface area (TPSA) is 84.0 Å². The minimum atomic E-state index is -0.516. The van der Waals surface area contributed by atoms with Crippen molar-refractivity contribution >= 4 is 12.1 Å². The van der Waals surface area contributed by atoms with Crippen molar-refractivity contribution in [2.24, 2.45) is 4.99 Å². The van der Waals surface area contributed by atoms with E-state index in [1.165, 1.54) is 0 Å². The number of nitrogens with zero attached hydrogens (tertiary/aromatic N) is 1. The number of rotatable bonds is 10. The summed E-state index contributed by atoms with van der Waals surface area (Å²) in [5, 5.41) is 9.27. The summed E-state index contributed by atoms with van der Waals surface area (Å²) in [5.74, 6) is 0.709. The van der Waals surface area contributed by atoms with Crippen molar-refractivity contribution < 1.29 is 14.3 Å². The fourth-order valence-electron chi connectivity index (χ4n) is 1.83. The molecule has 0 bridgehead atoms. The van der Waals surface area contributed by atoms with Crippen molar-refractivity contribution in [3.05, 3.63) is 0 Å². The van der Waals surface area contributed by atoms with E-state index in [-0.39, 0.29) is 0 Å². The summed E-state index contributed by atoms with van der Waals surface area (Å²) in [5.41, 5.74) is -1.03. The van der Waals surface area contributed by atoms with Crippen LogP contribution in [0.1, 0.15) is 61.3 Å². The molecule has 0 saturated carbocycles. The van der Waals surface area contributed by atoms with Gasteiger partial charge in [-0.15, -0.1) is 0 Å². The number of guanidine groups is 1. The summed E-state index contributed by atoms with van der Waals surface area (Å²) in [7, 11) is 0. The Morgan fingerprint density at radius 1 is 1.04 bits per heavy atom. The Balaban J connectivity index is 4.38. The number of carbonyl (C=O) groups excluding carboxylic acids is 1. The van der Waals surface area contributed by atoms with Crippen molar-refractivity contribution in [2.75, 3.05) is 32.8 Å². The van der Waals surface area contributed by atoms with Gasteiger partial charge in [-0.25, -0.2) is 4.79 Å². The molecule has 1 amide bonds. The van der Waals surface area contributed by atoms with E-state index < -0.39 is 17.2 Å². The zero-order valence-corrected chi connectivity index (χ0v) is 17.1. The summed E-state index contributed by atoms with van der Waals surface area (Å²) in [6, 6.07) is 0. The third kappa shape index (κ3) is 14.5. The molecule has 0 rings (SSSR count). The molecule has 0 heterocycles. The first-order chi connectivity index (χ1) is 11.6. The van der Waals surface area contributed by atoms with Gasteiger partial charge in [0.1, 0.15) is 5.60 Å². The lowest BCUT2D eigenvalue weighted by Crippen LogP contribution is -2.49. The van der Waals surface area contributed by atoms with E-state index in [4.69, 9.17) is 9.47 Å². The van der Waals surface area contributed by atoms with Crippen LogP contribution in [0, 0.1) is 0 Å². The molecular weight excluding hydrogens is 320 g/mol. The van der Waals surface area contributed by atoms with E-state index in [0.717, 1.165) is 26.0 Å². The predicted octanol–water partition coefficient (Wildman–Crippen LogP) is 2.66. The largest absolute Gasteiger partial charge is 0.444 e. The summed E-state index contributed by atoms with van der Waals surface area (Å²) in [6.45, 7) is 16.8. The number of alkyl carbamates (subject to hydrolysis) is 1. The number of carbonyl (C=O) groups is 1. The molecule has 0 atom stereocenters. The Kier molecular flexibility index (Phi) is 11.2. The Morgan fingerprint density at radius 3 is 2.28 bits per heavy atom. The number of nitrogens with one attached hydrogen (secondary N) is 3. The first-order valence-corrected chi connectivity index (χ1v) is 9.20. The summed E-state index contributed by atoms with van der Waals surface area (Å²) < 4.78 is 10.8. The highest BCUT2D eigenvalue weighted by atomic mass is 16.6. The van der Waals surface area contributed by atoms with Gasteiger partial charge < -0.3 is 25.4 Å². The van der Waals surface area contributed by atoms with Crippen LogP contribution in [-0.4, -0.2) is 56.0 Å². The van der Waals surface area contributed by atoms with Gasteiger partial charge in [0, 0.05) is 19.7 Å². The van der Waals surface area contributed by atoms with Gasteiger partial charge >= 0.3 is 6.09 Å². The average Bonchev–Trinajstić information content (AvgIpc) is 2.45. The van der Waals surface area contributed by atoms with Gasteiger partial charge in [-0.2, -0.15) is 0 Å². The minimum absolute atomic E-state index is 0.429. The normalized spacial score (nSPS) is 12.7. The SMILES string of the molecule is CCCCOCCNC(=NCC(C)(C)NC(=O)OC(C)(C)C)NCC. The molecule has 0 aromatic carbocycles. The molecule has 0 aliphatic carbocycles. The molecule has 0 saturated heterocycles. The van der Waals surface area contributed by atoms with Crippen LogP contribution in [-0.2, 0) is 9.47 Å². The van der Waals surface area contributed by atoms with Crippen molar-refractivity contribution in [1.82, 2.24) is 16.0 Å². The second kappa shape index (κ2) is 12.0. The number of unbranched alkanes of at least 4 members (excludes halogenated alkanes) is 1. The van der Waals surface area contributed by atoms with Crippen molar-refractivity contribution in [2.45, 2.75) is 72.4 Å². The molecule has 0 unspecified atom stereocenters. The number of hydrogen-bond donors (Lipinski definition) is 3. The Morgan fingerprint density at radius 2 is 1.72 bits per heavy atom. The quantitative estimate of drug-likeness (QED) is 0.318. The molecule has 25 heavy (non-hydrogen) atoms. The molecule has 0 fully saturated rings. The first kappa shape index (κ1) is 23.5. The Bertz CT molecular complexity index is 404. The third-order valence-electron chi connectivity index (χ3n) is 3.00. The maximum atomic E-state index is 11.9. The average molecular weight is 359 g/mol. The van der Waals surface area contributed by atoms with Crippen LogP contribution in [0.4, 0.5) is 4.79 Å². The molecule has 0 aliphatic heterocycles. The fourth-order valence-corrected chi connectivity index (χ4v) is 1.83. The fraction of sp³-hybridized carbons (Fsp3) is 0.889. The van der Waals surface area contributed by atoms with Gasteiger partial charge in [0.2, 0.25) is 0 Å². The van der Waals surface area contributed by atoms with E-state index in [1.54, 1.807) is 0 Å². The zero-order valence-electron chi connectivity index (χ0n) is 17.1. The monoisotopic (exact) mass is 358 g/mol. The molecule has 0 aliphatic rings. The van der Waals surface area contributed by atoms with Crippen LogP contribution in [0.2, 0.25) is 0 Å². The lowest BCUT2D eigenvalue weighted by atomic mass is 10.1. The standard InChI is InChI=1S/C18H38N4O3/c1-8-10-12-24-13-11-20-15(19-9-2)21-14-18(6,7)22-16(23)25-17(3,4)5/h8-14H2,1-7H3,(H,22,23)(H2,19,20,21). The highest BCUT2D eigenvalue weighted by molar-refractivity contribution is 5.79. The number of hydrogen-bond acceptors (Lipinski definition) is 4. The van der Waals surface area contributed by atoms with Gasteiger partial charge in [-0.1, -0.05) is 13.3 Å². The van der Waals surface area contributed by atoms with Crippen molar-refractivity contribution in [3.63, 3.8) is 0 Å². The maximum absolute atomic E-state index is 11.9. The highest BCUT2D eigenvalue weighted by Gasteiger charge is 2.24. The van der Waals surface area contributed by atoms with Gasteiger partial charge in [-0.05, 0) is 48.0 Å². The summed E-state index contributed by atoms with van der Waals surface area (Å²) in [4.78, 5) is 16.4. The second-order valence-corrected chi connectivity index (χ2v) is 7.60. The van der Waals surface area contributed by atoms with Crippen LogP contribution in [0.3, 0.4) is 0 Å². The van der Waals surface area contributed by atoms with E-state index in [2.05, 4.69) is 27.9 Å². The van der Waals surface area contributed by atoms with Crippen LogP contribution < -0.4 is 16.0 Å². The maximum Gasteiger partial charge on any atom is 0.408 e. The smallest absolute Gasteiger partial charge is 0.408 e. The molecule has 148 valence electrons. The van der Waals surface area contributed by atoms with Gasteiger partial charge in [0.25, 0.3) is 0 Å². The molecule has 0 aromatic heterocycles. The number of ether oxygens (including phenoxy) is 2. The van der Waals surface area contributed by atoms with Crippen LogP contribution in [0.5, 0.6) is 0 Å². The second-order valence-electron chi connectivity index (χ2n) is 7.60. The lowest BCUT2D eigenvalue weighted by molar-refractivity contribution is 0.0476. The highest BCUT2D eigenvalue weighted by Crippen LogP contribution is 2.09. The molecule has 0 spiro atoms. The van der Waals surface area contributed by atoms with Gasteiger partial charge in [0.05, 0.1) is 18.7 Å². The van der Waals surface area contributed by atoms with E-state index >= 15 is 0 Å². The lowest BCUT2D eigenvalue weighted by Gasteiger charge is -2.27. The number of amides is 1. The zero-order chi connectivity index (χ0) is 19.3. The van der Waals surface area contributed by atoms with Crippen molar-refractivity contribution in [1.29, 1.82) is 0 Å². The van der Waals surface area contributed by atoms with Crippen LogP contribution >= 0.6 is 0 Å². The molecule has 7 nitrogen and oxygen atoms in total. The van der Waals surface area contributed by atoms with Crippen LogP contribution in [0.25, 0.3) is 0 Å². The Hall–Kier alpha value is -1.50. The summed E-state index contributed by atoms with van der Waals surface area (Å²) in [6.07, 6.45) is 1.78. The van der Waals surface area contributed by atoms with Gasteiger partial charge in [-0.3, -0.25) is 4.99 Å². The third-order valence-corrected chi connectivity index (χ3v) is 3.00. The predicted molar refractivity (Wildman–Crippen MR) is 103 cm³/mol. The van der Waals surface area contributed by atoms with Gasteiger partial charge in [0.15, 0.2) is 5.96 Å². The van der Waals surface area contributed by atoms with E-state index in [9.17, 15) is 4.79 Å². The first-order valence-electron chi connectivity index (χ1n) is 9.20. The molecule has 7 heteroatoms. The molecule has 0 radical (unpaired) electrons. The Labute approximate surface area is 153 Å². The van der Waals surface area contributed by atoms with E-state index in [1.807, 2.05) is 41.5 Å². The summed E-state index contributed by atoms with van der Waals surface area (Å²) >= 11 is 0. The molecule has 0 aromatic rings. The molecular formula is C18H38N4O3. The number of aliphatic imine (C=N–C) groups is 1. The molecule has 3 N–H and O–H groups in total. The minimum Gasteiger partial charge on any atom is -0.444 e. The van der Waals surface area contributed by atoms with Crippen LogP contribution in [0.15, 0.2) is 4.99 Å². The van der Waals surface area contributed by atoms with Crippen molar-refractivity contribution in [3.8, 4) is 0 Å².